The molecule has 3 atom stereocenters. The number of hydrogen-bond acceptors (Lipinski definition) is 6. The number of ether oxygens (including phenoxy) is 2. The van der Waals surface area contributed by atoms with Crippen molar-refractivity contribution in [2.45, 2.75) is 24.3 Å². The lowest BCUT2D eigenvalue weighted by Gasteiger charge is -2.24. The van der Waals surface area contributed by atoms with Crippen LogP contribution in [0.15, 0.2) is 59.6 Å². The summed E-state index contributed by atoms with van der Waals surface area (Å²) < 4.78 is 35.2. The van der Waals surface area contributed by atoms with Crippen LogP contribution in [0.3, 0.4) is 0 Å². The average molecular weight is 447 g/mol. The molecular weight excluding hydrogens is 424 g/mol. The van der Waals surface area contributed by atoms with Crippen molar-refractivity contribution in [3.63, 3.8) is 0 Å². The third kappa shape index (κ3) is 4.32. The number of hydrogen-bond donors (Lipinski definition) is 0. The van der Waals surface area contributed by atoms with E-state index in [1.54, 1.807) is 38.3 Å². The summed E-state index contributed by atoms with van der Waals surface area (Å²) in [4.78, 5) is 18.9. The van der Waals surface area contributed by atoms with Gasteiger partial charge < -0.3 is 14.4 Å². The fourth-order valence-corrected chi connectivity index (χ4v) is 7.47. The highest BCUT2D eigenvalue weighted by atomic mass is 32.2. The molecule has 0 aromatic heterocycles. The summed E-state index contributed by atoms with van der Waals surface area (Å²) in [5.74, 6) is 0.994. The van der Waals surface area contributed by atoms with Crippen LogP contribution in [-0.2, 0) is 14.6 Å². The van der Waals surface area contributed by atoms with Crippen molar-refractivity contribution >= 4 is 38.4 Å². The Kier molecular flexibility index (Phi) is 5.75. The lowest BCUT2D eigenvalue weighted by atomic mass is 10.2. The molecule has 0 N–H and O–H groups in total. The summed E-state index contributed by atoms with van der Waals surface area (Å²) in [6.45, 7) is 1.65. The van der Waals surface area contributed by atoms with Crippen molar-refractivity contribution in [2.75, 3.05) is 23.5 Å². The Morgan fingerprint density at radius 1 is 1.10 bits per heavy atom. The van der Waals surface area contributed by atoms with E-state index in [1.165, 1.54) is 11.8 Å². The van der Waals surface area contributed by atoms with Crippen LogP contribution in [0.1, 0.15) is 6.92 Å². The molecule has 7 nitrogen and oxygen atoms in total. The van der Waals surface area contributed by atoms with E-state index in [0.29, 0.717) is 16.7 Å². The molecule has 2 saturated heterocycles. The van der Waals surface area contributed by atoms with E-state index in [1.807, 2.05) is 35.2 Å². The number of benzene rings is 2. The largest absolute Gasteiger partial charge is 0.497 e. The molecule has 2 aromatic rings. The summed E-state index contributed by atoms with van der Waals surface area (Å²) in [6.07, 6.45) is -0.762. The summed E-state index contributed by atoms with van der Waals surface area (Å²) in [6, 6.07) is 16.1. The van der Waals surface area contributed by atoms with Crippen LogP contribution in [0, 0.1) is 0 Å². The molecule has 30 heavy (non-hydrogen) atoms. The van der Waals surface area contributed by atoms with Crippen molar-refractivity contribution in [1.82, 2.24) is 0 Å². The first-order valence-corrected chi connectivity index (χ1v) is 12.2. The van der Waals surface area contributed by atoms with Crippen molar-refractivity contribution in [1.29, 1.82) is 0 Å². The second-order valence-corrected chi connectivity index (χ2v) is 10.5. The number of thioether (sulfide) groups is 1. The van der Waals surface area contributed by atoms with Crippen LogP contribution < -0.4 is 14.4 Å². The van der Waals surface area contributed by atoms with Crippen molar-refractivity contribution in [2.24, 2.45) is 4.99 Å². The molecule has 0 saturated carbocycles. The molecule has 1 amide bonds. The average Bonchev–Trinajstić information content (AvgIpc) is 3.19. The molecule has 4 rings (SSSR count). The van der Waals surface area contributed by atoms with Crippen molar-refractivity contribution < 1.29 is 22.7 Å². The zero-order valence-electron chi connectivity index (χ0n) is 16.6. The molecule has 2 fully saturated rings. The fraction of sp³-hybridized carbons (Fsp3) is 0.333. The summed E-state index contributed by atoms with van der Waals surface area (Å²) in [5, 5.41) is 0.340. The van der Waals surface area contributed by atoms with E-state index < -0.39 is 21.8 Å². The van der Waals surface area contributed by atoms with Gasteiger partial charge in [-0.1, -0.05) is 30.0 Å². The van der Waals surface area contributed by atoms with Gasteiger partial charge in [0.25, 0.3) is 5.91 Å². The molecule has 2 heterocycles. The third-order valence-corrected chi connectivity index (χ3v) is 8.24. The van der Waals surface area contributed by atoms with E-state index in [0.717, 1.165) is 5.69 Å². The van der Waals surface area contributed by atoms with Crippen LogP contribution in [0.5, 0.6) is 11.5 Å². The maximum Gasteiger partial charge on any atom is 0.288 e. The van der Waals surface area contributed by atoms with E-state index in [4.69, 9.17) is 9.47 Å². The van der Waals surface area contributed by atoms with Crippen LogP contribution >= 0.6 is 11.8 Å². The number of amides is 1. The number of amidine groups is 1. The van der Waals surface area contributed by atoms with Crippen molar-refractivity contribution in [3.8, 4) is 11.5 Å². The molecule has 0 radical (unpaired) electrons. The van der Waals surface area contributed by atoms with Crippen LogP contribution in [0.25, 0.3) is 0 Å². The van der Waals surface area contributed by atoms with Gasteiger partial charge in [0.1, 0.15) is 11.5 Å². The zero-order valence-corrected chi connectivity index (χ0v) is 18.2. The van der Waals surface area contributed by atoms with Gasteiger partial charge in [-0.25, -0.2) is 8.42 Å². The van der Waals surface area contributed by atoms with Gasteiger partial charge in [-0.05, 0) is 43.3 Å². The number of aliphatic imine (C=N–C) groups is 1. The first-order valence-electron chi connectivity index (χ1n) is 9.51. The monoisotopic (exact) mass is 446 g/mol. The predicted octanol–water partition coefficient (Wildman–Crippen LogP) is 2.76. The fourth-order valence-electron chi connectivity index (χ4n) is 3.55. The summed E-state index contributed by atoms with van der Waals surface area (Å²) >= 11 is 1.34. The maximum absolute atomic E-state index is 12.7. The topological polar surface area (TPSA) is 85.3 Å². The summed E-state index contributed by atoms with van der Waals surface area (Å²) in [7, 11) is -1.54. The molecule has 2 aromatic carbocycles. The minimum Gasteiger partial charge on any atom is -0.497 e. The van der Waals surface area contributed by atoms with Gasteiger partial charge in [0.2, 0.25) is 0 Å². The van der Waals surface area contributed by atoms with Gasteiger partial charge in [0.05, 0.1) is 24.7 Å². The van der Waals surface area contributed by atoms with Gasteiger partial charge in [0, 0.05) is 10.9 Å². The lowest BCUT2D eigenvalue weighted by molar-refractivity contribution is -0.123. The number of rotatable bonds is 5. The van der Waals surface area contributed by atoms with Crippen LogP contribution in [-0.4, -0.2) is 55.5 Å². The van der Waals surface area contributed by atoms with Gasteiger partial charge in [-0.3, -0.25) is 4.79 Å². The van der Waals surface area contributed by atoms with Gasteiger partial charge >= 0.3 is 0 Å². The highest BCUT2D eigenvalue weighted by Gasteiger charge is 2.49. The standard InChI is InChI=1S/C21H22N2O5S2/c1-14(28-17-6-4-3-5-7-17)20(24)22-21-23(15-8-10-16(27-2)11-9-15)18-12-30(25,26)13-19(18)29-21/h3-11,14,18-19H,12-13H2,1-2H3/t14-,18-,19-/m0/s1. The van der Waals surface area contributed by atoms with E-state index in [-0.39, 0.29) is 22.8 Å². The number of carbonyl (C=O) groups excluding carboxylic acids is 1. The second kappa shape index (κ2) is 8.31. The van der Waals surface area contributed by atoms with E-state index in [2.05, 4.69) is 4.99 Å². The summed E-state index contributed by atoms with van der Waals surface area (Å²) in [5.41, 5.74) is 0.774. The van der Waals surface area contributed by atoms with E-state index >= 15 is 0 Å². The molecule has 9 heteroatoms. The number of methoxy groups -OCH3 is 1. The maximum atomic E-state index is 12.7. The minimum absolute atomic E-state index is 0.0416. The van der Waals surface area contributed by atoms with Crippen LogP contribution in [0.2, 0.25) is 0 Å². The predicted molar refractivity (Wildman–Crippen MR) is 118 cm³/mol. The highest BCUT2D eigenvalue weighted by molar-refractivity contribution is 8.16. The Morgan fingerprint density at radius 2 is 1.80 bits per heavy atom. The second-order valence-electron chi connectivity index (χ2n) is 7.17. The molecule has 2 aliphatic rings. The number of carbonyl (C=O) groups is 1. The number of para-hydroxylation sites is 1. The normalized spacial score (nSPS) is 24.5. The lowest BCUT2D eigenvalue weighted by Crippen LogP contribution is -2.38. The quantitative estimate of drug-likeness (QED) is 0.698. The molecule has 0 spiro atoms. The Balaban J connectivity index is 1.60. The smallest absolute Gasteiger partial charge is 0.288 e. The Morgan fingerprint density at radius 3 is 2.47 bits per heavy atom. The first kappa shape index (κ1) is 20.7. The molecule has 0 bridgehead atoms. The molecule has 0 unspecified atom stereocenters. The van der Waals surface area contributed by atoms with Gasteiger partial charge in [0.15, 0.2) is 21.1 Å². The molecule has 158 valence electrons. The molecule has 2 aliphatic heterocycles. The van der Waals surface area contributed by atoms with Gasteiger partial charge in [-0.15, -0.1) is 0 Å². The Hall–Kier alpha value is -2.52. The first-order chi connectivity index (χ1) is 14.4. The van der Waals surface area contributed by atoms with Crippen LogP contribution in [0.4, 0.5) is 5.69 Å². The Bertz CT molecular complexity index is 1050. The number of nitrogens with zero attached hydrogens (tertiary/aromatic N) is 2. The SMILES string of the molecule is COc1ccc(N2C(=NC(=O)[C@H](C)Oc3ccccc3)S[C@H]3CS(=O)(=O)C[C@@H]32)cc1. The Labute approximate surface area is 180 Å². The van der Waals surface area contributed by atoms with Gasteiger partial charge in [-0.2, -0.15) is 4.99 Å². The number of sulfone groups is 1. The molecule has 0 aliphatic carbocycles. The zero-order chi connectivity index (χ0) is 21.3. The number of anilines is 1. The van der Waals surface area contributed by atoms with E-state index in [9.17, 15) is 13.2 Å². The third-order valence-electron chi connectivity index (χ3n) is 5.03. The van der Waals surface area contributed by atoms with Crippen molar-refractivity contribution in [3.05, 3.63) is 54.6 Å². The highest BCUT2D eigenvalue weighted by Crippen LogP contribution is 2.41. The number of fused-ring (bicyclic) bond motifs is 1. The minimum atomic E-state index is -3.12. The molecular formula is C21H22N2O5S2.